The molecule has 0 aromatic heterocycles. The summed E-state index contributed by atoms with van der Waals surface area (Å²) in [4.78, 5) is -0.0135. The fourth-order valence-corrected chi connectivity index (χ4v) is 4.43. The Bertz CT molecular complexity index is 854. The van der Waals surface area contributed by atoms with Gasteiger partial charge in [-0.3, -0.25) is 4.55 Å². The monoisotopic (exact) mass is 430 g/mol. The van der Waals surface area contributed by atoms with Gasteiger partial charge in [-0.1, -0.05) is 95.5 Å². The van der Waals surface area contributed by atoms with Gasteiger partial charge >= 0.3 is 0 Å². The lowest BCUT2D eigenvalue weighted by molar-refractivity contribution is 0.483. The van der Waals surface area contributed by atoms with Crippen molar-refractivity contribution in [3.63, 3.8) is 0 Å². The van der Waals surface area contributed by atoms with E-state index in [1.165, 1.54) is 63.0 Å². The molecular weight excluding hydrogens is 392 g/mol. The SMILES string of the molecule is CCCCCCCCCCc1cc(S(=O)(=O)O)ccc1-c1ccc(CCCC)cc1. The maximum absolute atomic E-state index is 11.6. The second-order valence-corrected chi connectivity index (χ2v) is 9.74. The molecule has 2 rings (SSSR count). The highest BCUT2D eigenvalue weighted by Crippen LogP contribution is 2.28. The van der Waals surface area contributed by atoms with E-state index in [1.807, 2.05) is 6.07 Å². The molecule has 2 aromatic rings. The van der Waals surface area contributed by atoms with Crippen molar-refractivity contribution in [1.82, 2.24) is 0 Å². The van der Waals surface area contributed by atoms with Gasteiger partial charge in [-0.05, 0) is 60.1 Å². The van der Waals surface area contributed by atoms with E-state index in [-0.39, 0.29) is 4.90 Å². The molecule has 0 fully saturated rings. The van der Waals surface area contributed by atoms with E-state index in [9.17, 15) is 13.0 Å². The van der Waals surface area contributed by atoms with Crippen molar-refractivity contribution in [1.29, 1.82) is 0 Å². The van der Waals surface area contributed by atoms with E-state index < -0.39 is 10.1 Å². The van der Waals surface area contributed by atoms with Crippen molar-refractivity contribution in [3.05, 3.63) is 53.6 Å². The number of unbranched alkanes of at least 4 members (excludes halogenated alkanes) is 8. The zero-order valence-electron chi connectivity index (χ0n) is 18.7. The van der Waals surface area contributed by atoms with Crippen LogP contribution < -0.4 is 0 Å². The predicted octanol–water partition coefficient (Wildman–Crippen LogP) is 7.63. The summed E-state index contributed by atoms with van der Waals surface area (Å²) in [7, 11) is -4.19. The Kier molecular flexibility index (Phi) is 10.6. The van der Waals surface area contributed by atoms with E-state index in [4.69, 9.17) is 0 Å². The molecule has 0 bridgehead atoms. The summed E-state index contributed by atoms with van der Waals surface area (Å²) in [6, 6.07) is 13.6. The van der Waals surface area contributed by atoms with Crippen LogP contribution >= 0.6 is 0 Å². The van der Waals surface area contributed by atoms with Crippen molar-refractivity contribution < 1.29 is 13.0 Å². The van der Waals surface area contributed by atoms with Gasteiger partial charge in [-0.15, -0.1) is 0 Å². The normalized spacial score (nSPS) is 11.7. The molecule has 0 saturated heterocycles. The fourth-order valence-electron chi connectivity index (χ4n) is 3.90. The summed E-state index contributed by atoms with van der Waals surface area (Å²) in [5.74, 6) is 0. The largest absolute Gasteiger partial charge is 0.294 e. The molecule has 30 heavy (non-hydrogen) atoms. The van der Waals surface area contributed by atoms with Gasteiger partial charge in [-0.2, -0.15) is 8.42 Å². The standard InChI is InChI=1S/C26H38O3S/c1-3-5-7-8-9-10-11-12-14-24-21-25(30(27,28)29)19-20-26(24)23-17-15-22(16-18-23)13-6-4-2/h15-21H,3-14H2,1-2H3,(H,27,28,29). The Hall–Kier alpha value is -1.65. The van der Waals surface area contributed by atoms with Gasteiger partial charge in [0.1, 0.15) is 0 Å². The van der Waals surface area contributed by atoms with Crippen LogP contribution in [0.15, 0.2) is 47.4 Å². The summed E-state index contributed by atoms with van der Waals surface area (Å²) in [5.41, 5.74) is 4.50. The van der Waals surface area contributed by atoms with Gasteiger partial charge in [0, 0.05) is 0 Å². The molecule has 0 unspecified atom stereocenters. The highest BCUT2D eigenvalue weighted by molar-refractivity contribution is 7.85. The molecule has 0 amide bonds. The lowest BCUT2D eigenvalue weighted by Crippen LogP contribution is -2.01. The molecule has 0 atom stereocenters. The molecule has 0 aliphatic heterocycles. The minimum Gasteiger partial charge on any atom is -0.282 e. The van der Waals surface area contributed by atoms with Gasteiger partial charge in [-0.25, -0.2) is 0 Å². The maximum atomic E-state index is 11.6. The van der Waals surface area contributed by atoms with Crippen LogP contribution in [0.1, 0.15) is 89.2 Å². The minimum atomic E-state index is -4.19. The third-order valence-corrected chi connectivity index (χ3v) is 6.61. The molecule has 0 saturated carbocycles. The summed E-state index contributed by atoms with van der Waals surface area (Å²) < 4.78 is 32.7. The Balaban J connectivity index is 2.07. The van der Waals surface area contributed by atoms with Crippen LogP contribution in [0.5, 0.6) is 0 Å². The topological polar surface area (TPSA) is 54.4 Å². The van der Waals surface area contributed by atoms with Crippen molar-refractivity contribution in [2.75, 3.05) is 0 Å². The Labute approximate surface area is 183 Å². The Morgan fingerprint density at radius 2 is 1.30 bits per heavy atom. The number of aryl methyl sites for hydroxylation is 2. The first kappa shape index (κ1) is 24.6. The fraction of sp³-hybridized carbons (Fsp3) is 0.538. The molecule has 1 N–H and O–H groups in total. The quantitative estimate of drug-likeness (QED) is 0.248. The van der Waals surface area contributed by atoms with Crippen LogP contribution in [-0.4, -0.2) is 13.0 Å². The summed E-state index contributed by atoms with van der Waals surface area (Å²) in [6.45, 7) is 4.43. The molecule has 2 aromatic carbocycles. The first-order chi connectivity index (χ1) is 14.5. The summed E-state index contributed by atoms with van der Waals surface area (Å²) in [5, 5.41) is 0. The number of hydrogen-bond donors (Lipinski definition) is 1. The molecule has 0 radical (unpaired) electrons. The smallest absolute Gasteiger partial charge is 0.282 e. The Morgan fingerprint density at radius 1 is 0.700 bits per heavy atom. The molecule has 0 aliphatic carbocycles. The van der Waals surface area contributed by atoms with Crippen LogP contribution in [0, 0.1) is 0 Å². The van der Waals surface area contributed by atoms with Crippen LogP contribution in [0.3, 0.4) is 0 Å². The van der Waals surface area contributed by atoms with Gasteiger partial charge in [0.15, 0.2) is 0 Å². The number of rotatable bonds is 14. The minimum absolute atomic E-state index is 0.0135. The predicted molar refractivity (Wildman–Crippen MR) is 127 cm³/mol. The first-order valence-corrected chi connectivity index (χ1v) is 13.1. The van der Waals surface area contributed by atoms with Crippen molar-refractivity contribution in [2.45, 2.75) is 95.8 Å². The van der Waals surface area contributed by atoms with Crippen LogP contribution in [0.25, 0.3) is 11.1 Å². The van der Waals surface area contributed by atoms with Gasteiger partial charge in [0.05, 0.1) is 4.90 Å². The molecule has 0 heterocycles. The molecule has 166 valence electrons. The molecule has 0 spiro atoms. The van der Waals surface area contributed by atoms with Crippen molar-refractivity contribution in [3.8, 4) is 11.1 Å². The summed E-state index contributed by atoms with van der Waals surface area (Å²) >= 11 is 0. The summed E-state index contributed by atoms with van der Waals surface area (Å²) in [6.07, 6.45) is 14.2. The third kappa shape index (κ3) is 8.23. The highest BCUT2D eigenvalue weighted by atomic mass is 32.2. The average Bonchev–Trinajstić information content (AvgIpc) is 2.74. The van der Waals surface area contributed by atoms with Crippen LogP contribution in [0.2, 0.25) is 0 Å². The van der Waals surface area contributed by atoms with E-state index in [0.717, 1.165) is 42.4 Å². The van der Waals surface area contributed by atoms with E-state index >= 15 is 0 Å². The van der Waals surface area contributed by atoms with Crippen LogP contribution in [-0.2, 0) is 23.0 Å². The third-order valence-electron chi connectivity index (χ3n) is 5.76. The van der Waals surface area contributed by atoms with E-state index in [0.29, 0.717) is 0 Å². The van der Waals surface area contributed by atoms with Gasteiger partial charge < -0.3 is 0 Å². The maximum Gasteiger partial charge on any atom is 0.294 e. The lowest BCUT2D eigenvalue weighted by Gasteiger charge is -2.12. The molecular formula is C26H38O3S. The highest BCUT2D eigenvalue weighted by Gasteiger charge is 2.14. The second kappa shape index (κ2) is 12.9. The molecule has 0 aliphatic rings. The first-order valence-electron chi connectivity index (χ1n) is 11.7. The average molecular weight is 431 g/mol. The molecule has 3 nitrogen and oxygen atoms in total. The number of benzene rings is 2. The van der Waals surface area contributed by atoms with Gasteiger partial charge in [0.2, 0.25) is 0 Å². The zero-order valence-corrected chi connectivity index (χ0v) is 19.5. The van der Waals surface area contributed by atoms with Gasteiger partial charge in [0.25, 0.3) is 10.1 Å². The molecule has 4 heteroatoms. The van der Waals surface area contributed by atoms with E-state index in [1.54, 1.807) is 6.07 Å². The van der Waals surface area contributed by atoms with Crippen molar-refractivity contribution >= 4 is 10.1 Å². The zero-order chi connectivity index (χ0) is 21.8. The lowest BCUT2D eigenvalue weighted by atomic mass is 9.94. The second-order valence-electron chi connectivity index (χ2n) is 8.32. The van der Waals surface area contributed by atoms with Crippen LogP contribution in [0.4, 0.5) is 0 Å². The number of hydrogen-bond acceptors (Lipinski definition) is 2. The Morgan fingerprint density at radius 3 is 1.90 bits per heavy atom. The van der Waals surface area contributed by atoms with Crippen molar-refractivity contribution in [2.24, 2.45) is 0 Å². The van der Waals surface area contributed by atoms with E-state index in [2.05, 4.69) is 38.1 Å².